The molecule has 2 aromatic rings. The molecule has 4 heteroatoms. The summed E-state index contributed by atoms with van der Waals surface area (Å²) in [4.78, 5) is 4.09. The Morgan fingerprint density at radius 2 is 2.11 bits per heavy atom. The lowest BCUT2D eigenvalue weighted by atomic mass is 9.85. The number of imidazole rings is 1. The molecule has 0 aliphatic carbocycles. The Kier molecular flexibility index (Phi) is 3.14. The van der Waals surface area contributed by atoms with Crippen molar-refractivity contribution in [2.75, 3.05) is 11.5 Å². The number of benzene rings is 1. The number of rotatable bonds is 2. The second-order valence-electron chi connectivity index (χ2n) is 4.79. The molecule has 0 unspecified atom stereocenters. The second-order valence-corrected chi connectivity index (χ2v) is 6.01. The Balaban J connectivity index is 1.95. The van der Waals surface area contributed by atoms with Crippen LogP contribution in [0.15, 0.2) is 43.0 Å². The molecule has 94 valence electrons. The van der Waals surface area contributed by atoms with Crippen molar-refractivity contribution in [3.8, 4) is 5.69 Å². The van der Waals surface area contributed by atoms with Crippen molar-refractivity contribution in [3.05, 3.63) is 48.5 Å². The number of aromatic nitrogens is 2. The van der Waals surface area contributed by atoms with Gasteiger partial charge >= 0.3 is 0 Å². The summed E-state index contributed by atoms with van der Waals surface area (Å²) >= 11 is 2.00. The van der Waals surface area contributed by atoms with Gasteiger partial charge in [-0.05, 0) is 42.0 Å². The van der Waals surface area contributed by atoms with E-state index in [1.54, 1.807) is 6.20 Å². The first-order valence-corrected chi connectivity index (χ1v) is 7.39. The van der Waals surface area contributed by atoms with Crippen molar-refractivity contribution in [2.24, 2.45) is 5.73 Å². The summed E-state index contributed by atoms with van der Waals surface area (Å²) in [6.07, 6.45) is 7.69. The van der Waals surface area contributed by atoms with E-state index < -0.39 is 0 Å². The van der Waals surface area contributed by atoms with Gasteiger partial charge in [0, 0.05) is 23.6 Å². The summed E-state index contributed by atoms with van der Waals surface area (Å²) in [6.45, 7) is 0. The van der Waals surface area contributed by atoms with Crippen molar-refractivity contribution in [2.45, 2.75) is 18.4 Å². The van der Waals surface area contributed by atoms with Crippen LogP contribution in [0.5, 0.6) is 0 Å². The number of nitrogens with two attached hydrogens (primary N) is 1. The third-order valence-corrected chi connectivity index (χ3v) is 4.59. The maximum Gasteiger partial charge on any atom is 0.0991 e. The van der Waals surface area contributed by atoms with Crippen LogP contribution in [0, 0.1) is 0 Å². The van der Waals surface area contributed by atoms with Crippen LogP contribution in [0.1, 0.15) is 18.4 Å². The van der Waals surface area contributed by atoms with Crippen molar-refractivity contribution in [3.63, 3.8) is 0 Å². The van der Waals surface area contributed by atoms with E-state index in [1.807, 2.05) is 28.9 Å². The molecule has 3 rings (SSSR count). The lowest BCUT2D eigenvalue weighted by Crippen LogP contribution is -2.40. The second kappa shape index (κ2) is 4.78. The molecule has 1 aliphatic rings. The molecule has 1 aromatic heterocycles. The summed E-state index contributed by atoms with van der Waals surface area (Å²) in [5, 5.41) is 0. The molecule has 0 bridgehead atoms. The summed E-state index contributed by atoms with van der Waals surface area (Å²) in [5.74, 6) is 2.32. The molecule has 1 aliphatic heterocycles. The fourth-order valence-corrected chi connectivity index (χ4v) is 3.63. The average Bonchev–Trinajstić information content (AvgIpc) is 2.94. The van der Waals surface area contributed by atoms with Gasteiger partial charge in [-0.25, -0.2) is 4.98 Å². The van der Waals surface area contributed by atoms with Crippen LogP contribution in [0.2, 0.25) is 0 Å². The average molecular weight is 259 g/mol. The zero-order valence-corrected chi connectivity index (χ0v) is 11.1. The zero-order valence-electron chi connectivity index (χ0n) is 10.2. The third-order valence-electron chi connectivity index (χ3n) is 3.61. The maximum atomic E-state index is 6.56. The predicted octanol–water partition coefficient (Wildman–Crippen LogP) is 2.55. The van der Waals surface area contributed by atoms with E-state index in [-0.39, 0.29) is 5.54 Å². The molecular weight excluding hydrogens is 242 g/mol. The van der Waals surface area contributed by atoms with E-state index in [0.717, 1.165) is 30.0 Å². The monoisotopic (exact) mass is 259 g/mol. The lowest BCUT2D eigenvalue weighted by molar-refractivity contribution is 0.410. The molecule has 0 atom stereocenters. The topological polar surface area (TPSA) is 43.8 Å². The predicted molar refractivity (Wildman–Crippen MR) is 76.0 cm³/mol. The van der Waals surface area contributed by atoms with Gasteiger partial charge in [0.05, 0.1) is 6.33 Å². The molecule has 2 heterocycles. The van der Waals surface area contributed by atoms with Crippen LogP contribution in [0.25, 0.3) is 5.69 Å². The molecule has 3 nitrogen and oxygen atoms in total. The van der Waals surface area contributed by atoms with Gasteiger partial charge in [0.1, 0.15) is 0 Å². The molecule has 0 amide bonds. The van der Waals surface area contributed by atoms with E-state index >= 15 is 0 Å². The van der Waals surface area contributed by atoms with E-state index in [9.17, 15) is 0 Å². The molecule has 1 aromatic carbocycles. The van der Waals surface area contributed by atoms with E-state index in [1.165, 1.54) is 5.56 Å². The van der Waals surface area contributed by atoms with Crippen molar-refractivity contribution in [1.29, 1.82) is 0 Å². The van der Waals surface area contributed by atoms with Crippen LogP contribution in [0.3, 0.4) is 0 Å². The molecule has 18 heavy (non-hydrogen) atoms. The molecule has 1 saturated heterocycles. The minimum Gasteiger partial charge on any atom is -0.321 e. The van der Waals surface area contributed by atoms with Crippen molar-refractivity contribution >= 4 is 11.8 Å². The Labute approximate surface area is 111 Å². The van der Waals surface area contributed by atoms with Gasteiger partial charge < -0.3 is 10.3 Å². The number of hydrogen-bond donors (Lipinski definition) is 1. The van der Waals surface area contributed by atoms with Crippen LogP contribution in [-0.4, -0.2) is 21.1 Å². The highest BCUT2D eigenvalue weighted by molar-refractivity contribution is 7.99. The van der Waals surface area contributed by atoms with E-state index in [0.29, 0.717) is 0 Å². The summed E-state index contributed by atoms with van der Waals surface area (Å²) in [7, 11) is 0. The first-order chi connectivity index (χ1) is 8.78. The maximum absolute atomic E-state index is 6.56. The highest BCUT2D eigenvalue weighted by Crippen LogP contribution is 2.34. The lowest BCUT2D eigenvalue weighted by Gasteiger charge is -2.33. The van der Waals surface area contributed by atoms with Gasteiger partial charge in [-0.1, -0.05) is 12.1 Å². The first-order valence-electron chi connectivity index (χ1n) is 6.23. The molecule has 2 N–H and O–H groups in total. The van der Waals surface area contributed by atoms with Gasteiger partial charge in [0.25, 0.3) is 0 Å². The molecular formula is C14H17N3S. The highest BCUT2D eigenvalue weighted by atomic mass is 32.2. The number of nitrogens with zero attached hydrogens (tertiary/aromatic N) is 2. The van der Waals surface area contributed by atoms with Crippen LogP contribution in [0.4, 0.5) is 0 Å². The Bertz CT molecular complexity index is 516. The van der Waals surface area contributed by atoms with Gasteiger partial charge in [-0.3, -0.25) is 0 Å². The minimum atomic E-state index is -0.151. The summed E-state index contributed by atoms with van der Waals surface area (Å²) in [6, 6.07) is 8.52. The summed E-state index contributed by atoms with van der Waals surface area (Å²) < 4.78 is 2.02. The zero-order chi connectivity index (χ0) is 12.4. The number of hydrogen-bond acceptors (Lipinski definition) is 3. The number of thioether (sulfide) groups is 1. The standard InChI is InChI=1S/C14H17N3S/c15-14(4-8-18-9-5-14)12-2-1-3-13(10-12)17-7-6-16-11-17/h1-3,6-7,10-11H,4-5,8-9,15H2. The minimum absolute atomic E-state index is 0.151. The van der Waals surface area contributed by atoms with Crippen LogP contribution >= 0.6 is 11.8 Å². The van der Waals surface area contributed by atoms with Gasteiger partial charge in [-0.15, -0.1) is 0 Å². The Morgan fingerprint density at radius 3 is 2.83 bits per heavy atom. The fourth-order valence-electron chi connectivity index (χ4n) is 2.41. The molecule has 0 spiro atoms. The van der Waals surface area contributed by atoms with Gasteiger partial charge in [-0.2, -0.15) is 11.8 Å². The fraction of sp³-hybridized carbons (Fsp3) is 0.357. The first kappa shape index (κ1) is 11.8. The highest BCUT2D eigenvalue weighted by Gasteiger charge is 2.29. The molecule has 0 radical (unpaired) electrons. The molecule has 0 saturated carbocycles. The molecule has 1 fully saturated rings. The van der Waals surface area contributed by atoms with Crippen LogP contribution < -0.4 is 5.73 Å². The normalized spacial score (nSPS) is 18.7. The third kappa shape index (κ3) is 2.18. The largest absolute Gasteiger partial charge is 0.321 e. The van der Waals surface area contributed by atoms with Gasteiger partial charge in [0.2, 0.25) is 0 Å². The van der Waals surface area contributed by atoms with Crippen molar-refractivity contribution in [1.82, 2.24) is 9.55 Å². The Hall–Kier alpha value is -1.26. The SMILES string of the molecule is NC1(c2cccc(-n3ccnc3)c2)CCSCC1. The van der Waals surface area contributed by atoms with Gasteiger partial charge in [0.15, 0.2) is 0 Å². The van der Waals surface area contributed by atoms with E-state index in [4.69, 9.17) is 5.73 Å². The smallest absolute Gasteiger partial charge is 0.0991 e. The Morgan fingerprint density at radius 1 is 1.28 bits per heavy atom. The van der Waals surface area contributed by atoms with E-state index in [2.05, 4.69) is 29.2 Å². The van der Waals surface area contributed by atoms with Crippen molar-refractivity contribution < 1.29 is 0 Å². The summed E-state index contributed by atoms with van der Waals surface area (Å²) in [5.41, 5.74) is 8.79. The quantitative estimate of drug-likeness (QED) is 0.901. The van der Waals surface area contributed by atoms with Crippen LogP contribution in [-0.2, 0) is 5.54 Å².